The van der Waals surface area contributed by atoms with Crippen molar-refractivity contribution in [2.24, 2.45) is 4.40 Å². The first-order valence-corrected chi connectivity index (χ1v) is 9.72. The van der Waals surface area contributed by atoms with Crippen molar-refractivity contribution in [3.63, 3.8) is 0 Å². The summed E-state index contributed by atoms with van der Waals surface area (Å²) >= 11 is 0. The second-order valence-corrected chi connectivity index (χ2v) is 7.74. The van der Waals surface area contributed by atoms with Crippen LogP contribution in [0.15, 0.2) is 28.7 Å². The van der Waals surface area contributed by atoms with Crippen molar-refractivity contribution < 1.29 is 27.9 Å². The van der Waals surface area contributed by atoms with Crippen LogP contribution < -0.4 is 10.2 Å². The summed E-state index contributed by atoms with van der Waals surface area (Å²) in [5.41, 5.74) is 1.35. The number of carboxylic acids is 1. The minimum Gasteiger partial charge on any atom is -0.497 e. The van der Waals surface area contributed by atoms with Gasteiger partial charge < -0.3 is 14.7 Å². The van der Waals surface area contributed by atoms with Gasteiger partial charge in [-0.2, -0.15) is 5.48 Å². The Balaban J connectivity index is 2.23. The molecule has 0 saturated carbocycles. The molecule has 142 valence electrons. The predicted molar refractivity (Wildman–Crippen MR) is 93.4 cm³/mol. The normalized spacial score (nSPS) is 29.1. The van der Waals surface area contributed by atoms with Crippen molar-refractivity contribution in [2.45, 2.75) is 30.7 Å². The molecule has 0 aliphatic carbocycles. The molecule has 2 N–H and O–H groups in total. The van der Waals surface area contributed by atoms with Crippen LogP contribution in [0, 0.1) is 0 Å². The van der Waals surface area contributed by atoms with Crippen LogP contribution in [0.3, 0.4) is 0 Å². The molecule has 9 nitrogen and oxygen atoms in total. The third kappa shape index (κ3) is 2.56. The zero-order valence-electron chi connectivity index (χ0n) is 14.7. The maximum absolute atomic E-state index is 12.8. The average Bonchev–Trinajstić information content (AvgIpc) is 3.13. The van der Waals surface area contributed by atoms with Crippen molar-refractivity contribution in [1.29, 1.82) is 0 Å². The molecular formula is C16H21N3O6S. The monoisotopic (exact) mass is 383 g/mol. The van der Waals surface area contributed by atoms with E-state index in [-0.39, 0.29) is 5.84 Å². The number of benzene rings is 1. The summed E-state index contributed by atoms with van der Waals surface area (Å²) in [5, 5.41) is 8.08. The van der Waals surface area contributed by atoms with Crippen LogP contribution in [-0.2, 0) is 25.3 Å². The van der Waals surface area contributed by atoms with Gasteiger partial charge in [-0.05, 0) is 31.5 Å². The Bertz CT molecular complexity index is 834. The van der Waals surface area contributed by atoms with Crippen LogP contribution in [-0.4, -0.2) is 61.7 Å². The number of amidine groups is 1. The zero-order valence-corrected chi connectivity index (χ0v) is 15.5. The number of hydrogen-bond acceptors (Lipinski definition) is 7. The number of aliphatic carboxylic acids is 1. The van der Waals surface area contributed by atoms with E-state index in [0.29, 0.717) is 24.4 Å². The number of hydroxylamine groups is 1. The minimum absolute atomic E-state index is 0.189. The summed E-state index contributed by atoms with van der Waals surface area (Å²) < 4.78 is 34.6. The lowest BCUT2D eigenvalue weighted by molar-refractivity contribution is -0.140. The number of nitrogens with zero attached hydrogens (tertiary/aromatic N) is 2. The Morgan fingerprint density at radius 3 is 2.46 bits per heavy atom. The lowest BCUT2D eigenvalue weighted by atomic mass is 9.86. The SMILES string of the molecule is CCN(CC)C1=NS(=O)(=O)[C@H]2[C@@H](C(=O)O)NO[C@@]12c1ccc(OC)cc1. The summed E-state index contributed by atoms with van der Waals surface area (Å²) in [4.78, 5) is 19.1. The first-order chi connectivity index (χ1) is 12.3. The lowest BCUT2D eigenvalue weighted by Crippen LogP contribution is -2.52. The van der Waals surface area contributed by atoms with Crippen molar-refractivity contribution in [1.82, 2.24) is 10.4 Å². The van der Waals surface area contributed by atoms with Crippen LogP contribution >= 0.6 is 0 Å². The number of nitrogens with one attached hydrogen (secondary N) is 1. The number of methoxy groups -OCH3 is 1. The Morgan fingerprint density at radius 1 is 1.35 bits per heavy atom. The van der Waals surface area contributed by atoms with Gasteiger partial charge in [-0.25, -0.2) is 8.42 Å². The first-order valence-electron chi connectivity index (χ1n) is 8.21. The number of carboxylic acid groups (broad SMARTS) is 1. The topological polar surface area (TPSA) is 118 Å². The fraction of sp³-hybridized carbons (Fsp3) is 0.500. The van der Waals surface area contributed by atoms with Gasteiger partial charge in [0.25, 0.3) is 10.0 Å². The molecule has 1 aromatic carbocycles. The molecule has 2 aliphatic rings. The van der Waals surface area contributed by atoms with E-state index >= 15 is 0 Å². The Kier molecular flexibility index (Phi) is 4.67. The minimum atomic E-state index is -4.11. The highest BCUT2D eigenvalue weighted by Gasteiger charge is 2.68. The van der Waals surface area contributed by atoms with Crippen LogP contribution in [0.4, 0.5) is 0 Å². The molecule has 26 heavy (non-hydrogen) atoms. The molecule has 2 heterocycles. The van der Waals surface area contributed by atoms with Crippen molar-refractivity contribution in [3.8, 4) is 5.75 Å². The van der Waals surface area contributed by atoms with Crippen LogP contribution in [0.25, 0.3) is 0 Å². The van der Waals surface area contributed by atoms with Gasteiger partial charge in [0, 0.05) is 13.1 Å². The van der Waals surface area contributed by atoms with Crippen LogP contribution in [0.5, 0.6) is 5.75 Å². The van der Waals surface area contributed by atoms with Gasteiger partial charge >= 0.3 is 5.97 Å². The summed E-state index contributed by atoms with van der Waals surface area (Å²) in [5.74, 6) is -0.538. The third-order valence-corrected chi connectivity index (χ3v) is 6.44. The number of rotatable bonds is 5. The maximum atomic E-state index is 12.8. The largest absolute Gasteiger partial charge is 0.497 e. The van der Waals surface area contributed by atoms with Gasteiger partial charge in [-0.15, -0.1) is 4.40 Å². The third-order valence-electron chi connectivity index (χ3n) is 4.77. The molecule has 3 atom stereocenters. The highest BCUT2D eigenvalue weighted by Crippen LogP contribution is 2.46. The van der Waals surface area contributed by atoms with Gasteiger partial charge in [-0.1, -0.05) is 12.1 Å². The number of fused-ring (bicyclic) bond motifs is 1. The maximum Gasteiger partial charge on any atom is 0.324 e. The quantitative estimate of drug-likeness (QED) is 0.747. The number of sulfonamides is 1. The summed E-state index contributed by atoms with van der Waals surface area (Å²) in [6, 6.07) is 5.24. The first kappa shape index (κ1) is 18.6. The predicted octanol–water partition coefficient (Wildman–Crippen LogP) is 0.331. The molecule has 0 amide bonds. The van der Waals surface area contributed by atoms with Crippen LogP contribution in [0.1, 0.15) is 19.4 Å². The zero-order chi connectivity index (χ0) is 19.1. The molecule has 10 heteroatoms. The average molecular weight is 383 g/mol. The van der Waals surface area contributed by atoms with Crippen molar-refractivity contribution >= 4 is 21.8 Å². The smallest absolute Gasteiger partial charge is 0.324 e. The fourth-order valence-corrected chi connectivity index (χ4v) is 5.33. The Hall–Kier alpha value is -2.17. The molecule has 2 aliphatic heterocycles. The summed E-state index contributed by atoms with van der Waals surface area (Å²) in [6.45, 7) is 4.72. The van der Waals surface area contributed by atoms with Crippen molar-refractivity contribution in [3.05, 3.63) is 29.8 Å². The van der Waals surface area contributed by atoms with Gasteiger partial charge in [0.15, 0.2) is 22.7 Å². The van der Waals surface area contributed by atoms with Gasteiger partial charge in [0.2, 0.25) is 0 Å². The molecular weight excluding hydrogens is 362 g/mol. The second kappa shape index (κ2) is 6.53. The molecule has 1 fully saturated rings. The fourth-order valence-electron chi connectivity index (χ4n) is 3.50. The number of ether oxygens (including phenoxy) is 1. The molecule has 0 bridgehead atoms. The molecule has 1 saturated heterocycles. The van der Waals surface area contributed by atoms with E-state index in [4.69, 9.17) is 9.57 Å². The molecule has 0 radical (unpaired) electrons. The van der Waals surface area contributed by atoms with Gasteiger partial charge in [-0.3, -0.25) is 9.63 Å². The van der Waals surface area contributed by atoms with Crippen LogP contribution in [0.2, 0.25) is 0 Å². The van der Waals surface area contributed by atoms with E-state index in [0.717, 1.165) is 0 Å². The number of hydrogen-bond donors (Lipinski definition) is 2. The van der Waals surface area contributed by atoms with E-state index in [2.05, 4.69) is 9.88 Å². The summed E-state index contributed by atoms with van der Waals surface area (Å²) in [7, 11) is -2.59. The molecule has 0 aromatic heterocycles. The van der Waals surface area contributed by atoms with Gasteiger partial charge in [0.05, 0.1) is 7.11 Å². The molecule has 0 spiro atoms. The number of likely N-dealkylation sites (N-methyl/N-ethyl adjacent to an activating group) is 1. The highest BCUT2D eigenvalue weighted by atomic mass is 32.2. The Morgan fingerprint density at radius 2 is 1.96 bits per heavy atom. The molecule has 0 unspecified atom stereocenters. The van der Waals surface area contributed by atoms with Crippen molar-refractivity contribution in [2.75, 3.05) is 20.2 Å². The van der Waals surface area contributed by atoms with Gasteiger partial charge in [0.1, 0.15) is 5.75 Å². The number of carbonyl (C=O) groups is 1. The Labute approximate surface area is 151 Å². The summed E-state index contributed by atoms with van der Waals surface area (Å²) in [6.07, 6.45) is 0. The van der Waals surface area contributed by atoms with E-state index in [1.165, 1.54) is 7.11 Å². The van der Waals surface area contributed by atoms with E-state index in [1.54, 1.807) is 29.2 Å². The standard InChI is InChI=1S/C16H21N3O6S/c1-4-19(5-2)15-16(10-6-8-11(24-3)9-7-10)13(26(22,23)18-15)12(14(20)21)17-25-16/h6-9,12-13,17H,4-5H2,1-3H3,(H,20,21)/t12-,13-,16+/m0/s1. The second-order valence-electron chi connectivity index (χ2n) is 6.02. The highest BCUT2D eigenvalue weighted by molar-refractivity contribution is 7.91. The van der Waals surface area contributed by atoms with E-state index in [1.807, 2.05) is 13.8 Å². The van der Waals surface area contributed by atoms with E-state index in [9.17, 15) is 18.3 Å². The molecule has 1 aromatic rings. The lowest BCUT2D eigenvalue weighted by Gasteiger charge is -2.33. The molecule has 3 rings (SSSR count). The van der Waals surface area contributed by atoms with E-state index < -0.39 is 32.9 Å².